The molecule has 0 spiro atoms. The first-order chi connectivity index (χ1) is 11.8. The highest BCUT2D eigenvalue weighted by atomic mass is 79.9. The fraction of sp³-hybridized carbons (Fsp3) is 0.125. The van der Waals surface area contributed by atoms with Gasteiger partial charge in [-0.15, -0.1) is 0 Å². The number of hydrazone groups is 1. The molecule has 1 amide bonds. The molecule has 0 atom stereocenters. The second-order valence-electron chi connectivity index (χ2n) is 5.06. The van der Waals surface area contributed by atoms with Gasteiger partial charge >= 0.3 is 0 Å². The van der Waals surface area contributed by atoms with Crippen molar-refractivity contribution >= 4 is 55.4 Å². The summed E-state index contributed by atoms with van der Waals surface area (Å²) in [5.41, 5.74) is 3.31. The maximum Gasteiger partial charge on any atom is 0.260 e. The molecule has 0 saturated carbocycles. The van der Waals surface area contributed by atoms with Crippen LogP contribution in [0.25, 0.3) is 0 Å². The summed E-state index contributed by atoms with van der Waals surface area (Å²) in [6.45, 7) is -0.394. The number of nitrogens with one attached hydrogen (secondary N) is 1. The molecule has 0 fully saturated rings. The molecule has 0 saturated heterocycles. The lowest BCUT2D eigenvalue weighted by Gasteiger charge is -2.21. The highest BCUT2D eigenvalue weighted by molar-refractivity contribution is 9.10. The van der Waals surface area contributed by atoms with E-state index >= 15 is 0 Å². The molecule has 0 radical (unpaired) electrons. The van der Waals surface area contributed by atoms with E-state index in [2.05, 4.69) is 26.5 Å². The van der Waals surface area contributed by atoms with Crippen molar-refractivity contribution in [2.45, 2.75) is 0 Å². The van der Waals surface area contributed by atoms with E-state index in [1.54, 1.807) is 48.5 Å². The van der Waals surface area contributed by atoms with Crippen molar-refractivity contribution in [1.82, 2.24) is 5.43 Å². The lowest BCUT2D eigenvalue weighted by molar-refractivity contribution is -0.119. The third kappa shape index (κ3) is 5.84. The molecule has 0 aliphatic rings. The number of hydrogen-bond donors (Lipinski definition) is 1. The molecule has 0 aromatic heterocycles. The molecule has 0 aliphatic heterocycles. The number of sulfonamides is 1. The second kappa shape index (κ2) is 8.46. The number of halogens is 2. The van der Waals surface area contributed by atoms with Crippen LogP contribution < -0.4 is 9.73 Å². The molecular weight excluding hydrogens is 430 g/mol. The zero-order valence-electron chi connectivity index (χ0n) is 13.2. The van der Waals surface area contributed by atoms with Gasteiger partial charge in [0.25, 0.3) is 5.91 Å². The van der Waals surface area contributed by atoms with Gasteiger partial charge in [-0.05, 0) is 24.3 Å². The fourth-order valence-electron chi connectivity index (χ4n) is 1.95. The quantitative estimate of drug-likeness (QED) is 0.549. The Morgan fingerprint density at radius 3 is 2.64 bits per heavy atom. The normalized spacial score (nSPS) is 11.5. The summed E-state index contributed by atoms with van der Waals surface area (Å²) in [6.07, 6.45) is 2.43. The van der Waals surface area contributed by atoms with Crippen molar-refractivity contribution in [2.75, 3.05) is 17.1 Å². The van der Waals surface area contributed by atoms with Crippen LogP contribution in [0.2, 0.25) is 5.02 Å². The lowest BCUT2D eigenvalue weighted by atomic mass is 10.2. The van der Waals surface area contributed by atoms with E-state index in [-0.39, 0.29) is 0 Å². The molecule has 2 aromatic carbocycles. The van der Waals surface area contributed by atoms with Gasteiger partial charge in [-0.1, -0.05) is 51.8 Å². The minimum Gasteiger partial charge on any atom is -0.271 e. The van der Waals surface area contributed by atoms with Crippen LogP contribution in [-0.4, -0.2) is 33.3 Å². The summed E-state index contributed by atoms with van der Waals surface area (Å²) >= 11 is 9.26. The molecule has 0 unspecified atom stereocenters. The number of hydrogen-bond acceptors (Lipinski definition) is 4. The third-order valence-corrected chi connectivity index (χ3v) is 5.06. The Morgan fingerprint density at radius 1 is 1.28 bits per heavy atom. The van der Waals surface area contributed by atoms with Gasteiger partial charge in [0.2, 0.25) is 10.0 Å². The van der Waals surface area contributed by atoms with Gasteiger partial charge in [-0.2, -0.15) is 5.10 Å². The number of carbonyl (C=O) groups is 1. The highest BCUT2D eigenvalue weighted by Gasteiger charge is 2.20. The van der Waals surface area contributed by atoms with Crippen molar-refractivity contribution in [1.29, 1.82) is 0 Å². The van der Waals surface area contributed by atoms with Gasteiger partial charge in [-0.3, -0.25) is 9.10 Å². The van der Waals surface area contributed by atoms with Crippen molar-refractivity contribution < 1.29 is 13.2 Å². The van der Waals surface area contributed by atoms with Gasteiger partial charge in [0, 0.05) is 15.1 Å². The van der Waals surface area contributed by atoms with Crippen molar-refractivity contribution in [3.05, 3.63) is 63.6 Å². The van der Waals surface area contributed by atoms with E-state index in [0.717, 1.165) is 10.6 Å². The monoisotopic (exact) mass is 443 g/mol. The minimum absolute atomic E-state index is 0.377. The second-order valence-corrected chi connectivity index (χ2v) is 8.29. The molecule has 0 bridgehead atoms. The largest absolute Gasteiger partial charge is 0.271 e. The fourth-order valence-corrected chi connectivity index (χ4v) is 3.37. The Morgan fingerprint density at radius 2 is 2.00 bits per heavy atom. The number of carbonyl (C=O) groups excluding carboxylic acids is 1. The van der Waals surface area contributed by atoms with E-state index in [9.17, 15) is 13.2 Å². The van der Waals surface area contributed by atoms with Crippen molar-refractivity contribution in [3.8, 4) is 0 Å². The van der Waals surface area contributed by atoms with Crippen LogP contribution in [-0.2, 0) is 14.8 Å². The molecule has 0 heterocycles. The average molecular weight is 445 g/mol. The maximum atomic E-state index is 12.1. The average Bonchev–Trinajstić information content (AvgIpc) is 2.53. The van der Waals surface area contributed by atoms with Crippen molar-refractivity contribution in [2.24, 2.45) is 5.10 Å². The first-order valence-corrected chi connectivity index (χ1v) is 10.1. The molecule has 2 rings (SSSR count). The first kappa shape index (κ1) is 19.4. The minimum atomic E-state index is -3.64. The summed E-state index contributed by atoms with van der Waals surface area (Å²) in [5, 5.41) is 4.30. The summed E-state index contributed by atoms with van der Waals surface area (Å²) < 4.78 is 25.7. The number of anilines is 1. The number of benzene rings is 2. The maximum absolute atomic E-state index is 12.1. The summed E-state index contributed by atoms with van der Waals surface area (Å²) in [4.78, 5) is 12.1. The first-order valence-electron chi connectivity index (χ1n) is 7.07. The predicted octanol–water partition coefficient (Wildman–Crippen LogP) is 3.02. The number of rotatable bonds is 6. The lowest BCUT2D eigenvalue weighted by Crippen LogP contribution is -2.39. The molecule has 2 aromatic rings. The molecule has 132 valence electrons. The zero-order valence-corrected chi connectivity index (χ0v) is 16.3. The Balaban J connectivity index is 2.09. The molecule has 25 heavy (non-hydrogen) atoms. The van der Waals surface area contributed by atoms with Crippen LogP contribution >= 0.6 is 27.5 Å². The van der Waals surface area contributed by atoms with Gasteiger partial charge in [0.1, 0.15) is 6.54 Å². The molecule has 1 N–H and O–H groups in total. The van der Waals surface area contributed by atoms with Gasteiger partial charge in [0.05, 0.1) is 18.2 Å². The molecule has 9 heteroatoms. The summed E-state index contributed by atoms with van der Waals surface area (Å²) in [5.74, 6) is -0.575. The van der Waals surface area contributed by atoms with Crippen LogP contribution in [0.1, 0.15) is 5.56 Å². The van der Waals surface area contributed by atoms with Crippen LogP contribution in [0, 0.1) is 0 Å². The molecule has 0 aliphatic carbocycles. The Labute approximate surface area is 159 Å². The number of amides is 1. The summed E-state index contributed by atoms with van der Waals surface area (Å²) in [7, 11) is -3.64. The van der Waals surface area contributed by atoms with Crippen LogP contribution in [0.5, 0.6) is 0 Å². The van der Waals surface area contributed by atoms with Crippen LogP contribution in [0.15, 0.2) is 58.1 Å². The predicted molar refractivity (Wildman–Crippen MR) is 104 cm³/mol. The Kier molecular flexibility index (Phi) is 6.57. The molecule has 6 nitrogen and oxygen atoms in total. The topological polar surface area (TPSA) is 78.8 Å². The van der Waals surface area contributed by atoms with E-state index in [0.29, 0.717) is 20.7 Å². The number of nitrogens with zero attached hydrogens (tertiary/aromatic N) is 2. The summed E-state index contributed by atoms with van der Waals surface area (Å²) in [6, 6.07) is 13.7. The van der Waals surface area contributed by atoms with E-state index in [4.69, 9.17) is 11.6 Å². The standard InChI is InChI=1S/C16H15BrClN3O3S/c1-25(23,24)21(14-7-4-6-13(17)9-14)11-16(22)20-19-10-12-5-2-3-8-15(12)18/h2-10H,11H2,1H3,(H,20,22)/b19-10+. The van der Waals surface area contributed by atoms with E-state index in [1.807, 2.05) is 0 Å². The van der Waals surface area contributed by atoms with E-state index in [1.165, 1.54) is 6.21 Å². The Hall–Kier alpha value is -1.90. The highest BCUT2D eigenvalue weighted by Crippen LogP contribution is 2.21. The van der Waals surface area contributed by atoms with E-state index < -0.39 is 22.5 Å². The van der Waals surface area contributed by atoms with Gasteiger partial charge < -0.3 is 0 Å². The van der Waals surface area contributed by atoms with Crippen LogP contribution in [0.3, 0.4) is 0 Å². The zero-order chi connectivity index (χ0) is 18.4. The van der Waals surface area contributed by atoms with Gasteiger partial charge in [0.15, 0.2) is 0 Å². The SMILES string of the molecule is CS(=O)(=O)N(CC(=O)N/N=C/c1ccccc1Cl)c1cccc(Br)c1. The smallest absolute Gasteiger partial charge is 0.260 e. The Bertz CT molecular complexity index is 903. The van der Waals surface area contributed by atoms with Gasteiger partial charge in [-0.25, -0.2) is 13.8 Å². The molecular formula is C16H15BrClN3O3S. The van der Waals surface area contributed by atoms with Crippen molar-refractivity contribution in [3.63, 3.8) is 0 Å². The van der Waals surface area contributed by atoms with Crippen LogP contribution in [0.4, 0.5) is 5.69 Å². The third-order valence-electron chi connectivity index (χ3n) is 3.08.